The summed E-state index contributed by atoms with van der Waals surface area (Å²) in [6.07, 6.45) is 9.51. The molecule has 0 aromatic heterocycles. The number of unbranched alkanes of at least 4 members (excludes halogenated alkanes) is 5. The van der Waals surface area contributed by atoms with Gasteiger partial charge in [0.25, 0.3) is 0 Å². The number of amides is 1. The summed E-state index contributed by atoms with van der Waals surface area (Å²) in [6, 6.07) is 0. The molecule has 1 fully saturated rings. The summed E-state index contributed by atoms with van der Waals surface area (Å²) in [5.74, 6) is -1.16. The Morgan fingerprint density at radius 1 is 0.776 bits per heavy atom. The first-order valence-electron chi connectivity index (χ1n) is 20.8. The third kappa shape index (κ3) is 21.0. The summed E-state index contributed by atoms with van der Waals surface area (Å²) in [5.41, 5.74) is -2.11. The molecule has 0 radical (unpaired) electrons. The Balaban J connectivity index is 2.87. The van der Waals surface area contributed by atoms with Crippen molar-refractivity contribution in [2.24, 2.45) is 0 Å². The monoisotopic (exact) mass is 866 g/mol. The van der Waals surface area contributed by atoms with Gasteiger partial charge in [-0.05, 0) is 53.9 Å². The van der Waals surface area contributed by atoms with E-state index in [1.165, 1.54) is 25.7 Å². The van der Waals surface area contributed by atoms with E-state index >= 15 is 0 Å². The minimum atomic E-state index is -2.68. The highest BCUT2D eigenvalue weighted by atomic mass is 28.4. The van der Waals surface area contributed by atoms with E-state index in [1.807, 2.05) is 13.1 Å². The fraction of sp³-hybridized carbons (Fsp3) is 0.875. The van der Waals surface area contributed by atoms with Crippen LogP contribution >= 0.6 is 0 Å². The smallest absolute Gasteiger partial charge is 0.463 e. The van der Waals surface area contributed by atoms with Crippen LogP contribution in [0.5, 0.6) is 0 Å². The van der Waals surface area contributed by atoms with Crippen molar-refractivity contribution in [1.29, 1.82) is 0 Å². The molecule has 58 heavy (non-hydrogen) atoms. The second-order valence-electron chi connectivity index (χ2n) is 16.7. The van der Waals surface area contributed by atoms with Crippen molar-refractivity contribution in [2.45, 2.75) is 148 Å². The molecule has 0 spiro atoms. The summed E-state index contributed by atoms with van der Waals surface area (Å²) < 4.78 is 50.4. The Labute approximate surface area is 351 Å². The summed E-state index contributed by atoms with van der Waals surface area (Å²) >= 11 is 0. The zero-order chi connectivity index (χ0) is 43.9. The Morgan fingerprint density at radius 3 is 1.78 bits per heavy atom. The molecule has 1 saturated heterocycles. The largest absolute Gasteiger partial charge is 0.497 e. The summed E-state index contributed by atoms with van der Waals surface area (Å²) in [7, 11) is 0.903. The van der Waals surface area contributed by atoms with E-state index in [1.54, 1.807) is 35.4 Å². The highest BCUT2D eigenvalue weighted by Crippen LogP contribution is 2.40. The molecule has 18 heteroatoms. The fourth-order valence-electron chi connectivity index (χ4n) is 6.86. The second kappa shape index (κ2) is 27.1. The molecule has 1 atom stereocenters. The molecule has 1 aliphatic rings. The molecule has 0 bridgehead atoms. The van der Waals surface area contributed by atoms with Crippen LogP contribution in [0.4, 0.5) is 4.79 Å². The molecule has 1 amide bonds. The van der Waals surface area contributed by atoms with Crippen molar-refractivity contribution in [1.82, 2.24) is 15.3 Å². The van der Waals surface area contributed by atoms with E-state index in [-0.39, 0.29) is 19.6 Å². The molecule has 1 rings (SSSR count). The minimum Gasteiger partial charge on any atom is -0.463 e. The van der Waals surface area contributed by atoms with Gasteiger partial charge in [-0.2, -0.15) is 5.06 Å². The second-order valence-corrected chi connectivity index (χ2v) is 22.3. The molecule has 1 aliphatic heterocycles. The average molecular weight is 866 g/mol. The number of carbonyl (C=O) groups excluding carboxylic acids is 3. The van der Waals surface area contributed by atoms with Crippen molar-refractivity contribution in [3.8, 4) is 0 Å². The van der Waals surface area contributed by atoms with E-state index in [0.717, 1.165) is 18.9 Å². The van der Waals surface area contributed by atoms with Crippen molar-refractivity contribution >= 4 is 35.6 Å². The predicted molar refractivity (Wildman–Crippen MR) is 226 cm³/mol. The zero-order valence-corrected chi connectivity index (χ0v) is 40.0. The van der Waals surface area contributed by atoms with Crippen LogP contribution in [-0.2, 0) is 55.2 Å². The number of hydroxylamine groups is 2. The topological polar surface area (TPSA) is 162 Å². The number of nitrogens with one attached hydrogen (secondary N) is 1. The maximum Gasteiger partial charge on any atom is 0.497 e. The van der Waals surface area contributed by atoms with Crippen LogP contribution in [0.15, 0.2) is 12.7 Å². The summed E-state index contributed by atoms with van der Waals surface area (Å²) in [4.78, 5) is 47.1. The van der Waals surface area contributed by atoms with Gasteiger partial charge in [0, 0.05) is 104 Å². The standard InChI is InChI=1S/C40H79N3O13Si2/c1-14-16-17-18-19-20-27-53-43-38(3,4)30-34(31-39(43,5)6)56-37(46)41-40(7,32-51-35(44)15-2)33-52-36(45)23-26-42(24-21-28-54-57(12,47-8)48-9)25-22-29-55-58(13,49-10)50-11/h15,34H,2,14,16-33H2,1,3-13H3,(H,41,46). The molecule has 16 nitrogen and oxygen atoms in total. The molecular formula is C40H79N3O13Si2. The number of rotatable bonds is 32. The van der Waals surface area contributed by atoms with Crippen LogP contribution < -0.4 is 5.32 Å². The van der Waals surface area contributed by atoms with Gasteiger partial charge >= 0.3 is 35.6 Å². The number of hydrogen-bond donors (Lipinski definition) is 1. The van der Waals surface area contributed by atoms with E-state index in [4.69, 9.17) is 45.6 Å². The molecule has 340 valence electrons. The van der Waals surface area contributed by atoms with Crippen LogP contribution in [0, 0.1) is 0 Å². The third-order valence-corrected chi connectivity index (χ3v) is 14.7. The van der Waals surface area contributed by atoms with Gasteiger partial charge in [0.15, 0.2) is 0 Å². The number of nitrogens with zero attached hydrogens (tertiary/aromatic N) is 2. The van der Waals surface area contributed by atoms with Crippen molar-refractivity contribution in [3.05, 3.63) is 12.7 Å². The van der Waals surface area contributed by atoms with Crippen molar-refractivity contribution in [2.75, 3.05) is 81.1 Å². The molecule has 0 aliphatic carbocycles. The first kappa shape index (κ1) is 54.0. The quantitative estimate of drug-likeness (QED) is 0.0264. The normalized spacial score (nSPS) is 17.1. The van der Waals surface area contributed by atoms with Gasteiger partial charge < -0.3 is 51.0 Å². The van der Waals surface area contributed by atoms with Gasteiger partial charge in [-0.3, -0.25) is 9.63 Å². The Morgan fingerprint density at radius 2 is 1.28 bits per heavy atom. The first-order valence-corrected chi connectivity index (χ1v) is 25.3. The van der Waals surface area contributed by atoms with Crippen LogP contribution in [0.3, 0.4) is 0 Å². The predicted octanol–water partition coefficient (Wildman–Crippen LogP) is 6.29. The Hall–Kier alpha value is -1.98. The average Bonchev–Trinajstić information content (AvgIpc) is 3.17. The SMILES string of the molecule is C=CC(=O)OCC(C)(COC(=O)CCN(CCCO[Si](C)(OC)OC)CCCO[Si](C)(OC)OC)NC(=O)OC1CC(C)(C)N(OCCCCCCCC)C(C)(C)C1. The van der Waals surface area contributed by atoms with Crippen LogP contribution in [0.25, 0.3) is 0 Å². The van der Waals surface area contributed by atoms with Crippen LogP contribution in [-0.4, -0.2) is 149 Å². The van der Waals surface area contributed by atoms with E-state index in [2.05, 4.69) is 56.5 Å². The molecule has 0 aromatic rings. The van der Waals surface area contributed by atoms with Gasteiger partial charge in [-0.25, -0.2) is 9.59 Å². The lowest BCUT2D eigenvalue weighted by atomic mass is 9.80. The van der Waals surface area contributed by atoms with Gasteiger partial charge in [0.2, 0.25) is 0 Å². The van der Waals surface area contributed by atoms with Crippen LogP contribution in [0.1, 0.15) is 112 Å². The Bertz CT molecular complexity index is 1160. The lowest BCUT2D eigenvalue weighted by Gasteiger charge is -2.53. The van der Waals surface area contributed by atoms with Crippen LogP contribution in [0.2, 0.25) is 13.1 Å². The van der Waals surface area contributed by atoms with E-state index < -0.39 is 58.4 Å². The zero-order valence-electron chi connectivity index (χ0n) is 38.0. The van der Waals surface area contributed by atoms with Crippen molar-refractivity contribution in [3.63, 3.8) is 0 Å². The molecular weight excluding hydrogens is 787 g/mol. The highest BCUT2D eigenvalue weighted by Gasteiger charge is 2.48. The van der Waals surface area contributed by atoms with Gasteiger partial charge in [-0.1, -0.05) is 45.6 Å². The first-order chi connectivity index (χ1) is 27.2. The lowest BCUT2D eigenvalue weighted by molar-refractivity contribution is -0.292. The Kier molecular flexibility index (Phi) is 25.2. The molecule has 0 saturated carbocycles. The molecule has 1 N–H and O–H groups in total. The minimum absolute atomic E-state index is 0.0730. The molecule has 1 heterocycles. The molecule has 0 aromatic carbocycles. The fourth-order valence-corrected chi connectivity index (χ4v) is 8.70. The summed E-state index contributed by atoms with van der Waals surface area (Å²) in [5, 5.41) is 4.87. The maximum absolute atomic E-state index is 13.4. The number of piperidine rings is 1. The van der Waals surface area contributed by atoms with E-state index in [0.29, 0.717) is 65.1 Å². The highest BCUT2D eigenvalue weighted by molar-refractivity contribution is 6.59. The maximum atomic E-state index is 13.4. The lowest BCUT2D eigenvalue weighted by Crippen LogP contribution is -2.62. The number of alkyl carbamates (subject to hydrolysis) is 1. The third-order valence-electron chi connectivity index (χ3n) is 10.3. The van der Waals surface area contributed by atoms with Crippen molar-refractivity contribution < 1.29 is 60.0 Å². The molecule has 1 unspecified atom stereocenters. The van der Waals surface area contributed by atoms with Gasteiger partial charge in [0.05, 0.1) is 13.0 Å². The number of carbonyl (C=O) groups is 3. The van der Waals surface area contributed by atoms with E-state index in [9.17, 15) is 14.4 Å². The number of ether oxygens (including phenoxy) is 3. The van der Waals surface area contributed by atoms with Gasteiger partial charge in [0.1, 0.15) is 24.9 Å². The van der Waals surface area contributed by atoms with Gasteiger partial charge in [-0.15, -0.1) is 0 Å². The summed E-state index contributed by atoms with van der Waals surface area (Å²) in [6.45, 7) is 21.9. The number of esters is 2. The number of hydrogen-bond acceptors (Lipinski definition) is 15.